The van der Waals surface area contributed by atoms with Gasteiger partial charge < -0.3 is 5.73 Å². The number of halogens is 2. The number of nitrogens with one attached hydrogen (secondary N) is 1. The molecule has 98 valence electrons. The van der Waals surface area contributed by atoms with Crippen molar-refractivity contribution in [3.8, 4) is 0 Å². The molecule has 1 fully saturated rings. The van der Waals surface area contributed by atoms with Gasteiger partial charge in [-0.25, -0.2) is 0 Å². The van der Waals surface area contributed by atoms with Crippen LogP contribution in [0, 0.1) is 0 Å². The number of primary amides is 1. The van der Waals surface area contributed by atoms with Crippen LogP contribution in [0.3, 0.4) is 0 Å². The molecule has 1 saturated carbocycles. The molecule has 1 aromatic carbocycles. The second-order valence-corrected chi connectivity index (χ2v) is 5.97. The number of hydrogen-bond acceptors (Lipinski definition) is 2. The lowest BCUT2D eigenvalue weighted by Gasteiger charge is -2.21. The first-order valence-corrected chi connectivity index (χ1v) is 7.25. The molecule has 18 heavy (non-hydrogen) atoms. The Hall–Kier alpha value is -0.580. The van der Waals surface area contributed by atoms with E-state index >= 15 is 0 Å². The zero-order chi connectivity index (χ0) is 13.1. The summed E-state index contributed by atoms with van der Waals surface area (Å²) in [6.45, 7) is 0. The predicted molar refractivity (Wildman–Crippen MR) is 76.5 cm³/mol. The lowest BCUT2D eigenvalue weighted by atomic mass is 10.0. The van der Waals surface area contributed by atoms with Crippen LogP contribution in [0.1, 0.15) is 37.3 Å². The van der Waals surface area contributed by atoms with E-state index in [1.54, 1.807) is 6.07 Å². The van der Waals surface area contributed by atoms with Crippen LogP contribution in [0.25, 0.3) is 0 Å². The molecule has 0 radical (unpaired) electrons. The summed E-state index contributed by atoms with van der Waals surface area (Å²) in [6.07, 6.45) is 4.59. The van der Waals surface area contributed by atoms with Gasteiger partial charge in [0.05, 0.1) is 0 Å². The van der Waals surface area contributed by atoms with Crippen LogP contribution < -0.4 is 11.1 Å². The SMILES string of the molecule is NC(=O)C(NC1CCCC1)c1cc(Br)ccc1Cl. The Balaban J connectivity index is 2.23. The second kappa shape index (κ2) is 6.04. The summed E-state index contributed by atoms with van der Waals surface area (Å²) >= 11 is 9.54. The summed E-state index contributed by atoms with van der Waals surface area (Å²) < 4.78 is 0.890. The van der Waals surface area contributed by atoms with Crippen LogP contribution in [0.4, 0.5) is 0 Å². The molecule has 1 aliphatic carbocycles. The fourth-order valence-corrected chi connectivity index (χ4v) is 2.99. The zero-order valence-corrected chi connectivity index (χ0v) is 12.3. The molecule has 1 amide bonds. The summed E-state index contributed by atoms with van der Waals surface area (Å²) in [6, 6.07) is 5.31. The molecule has 0 bridgehead atoms. The Morgan fingerprint density at radius 2 is 2.11 bits per heavy atom. The van der Waals surface area contributed by atoms with Gasteiger partial charge in [-0.15, -0.1) is 0 Å². The zero-order valence-electron chi connectivity index (χ0n) is 9.96. The fourth-order valence-electron chi connectivity index (χ4n) is 2.39. The van der Waals surface area contributed by atoms with Crippen molar-refractivity contribution in [3.05, 3.63) is 33.3 Å². The Labute approximate surface area is 120 Å². The molecule has 0 aromatic heterocycles. The van der Waals surface area contributed by atoms with Crippen molar-refractivity contribution in [2.75, 3.05) is 0 Å². The van der Waals surface area contributed by atoms with Crippen LogP contribution >= 0.6 is 27.5 Å². The maximum Gasteiger partial charge on any atom is 0.239 e. The van der Waals surface area contributed by atoms with Crippen LogP contribution in [0.15, 0.2) is 22.7 Å². The van der Waals surface area contributed by atoms with E-state index < -0.39 is 6.04 Å². The van der Waals surface area contributed by atoms with Gasteiger partial charge in [0.15, 0.2) is 0 Å². The Morgan fingerprint density at radius 1 is 1.44 bits per heavy atom. The summed E-state index contributed by atoms with van der Waals surface area (Å²) in [7, 11) is 0. The predicted octanol–water partition coefficient (Wildman–Crippen LogP) is 3.16. The summed E-state index contributed by atoms with van der Waals surface area (Å²) in [5.74, 6) is -0.387. The second-order valence-electron chi connectivity index (χ2n) is 4.65. The van der Waals surface area contributed by atoms with Crippen molar-refractivity contribution < 1.29 is 4.79 Å². The van der Waals surface area contributed by atoms with E-state index in [9.17, 15) is 4.79 Å². The maximum absolute atomic E-state index is 11.6. The average molecular weight is 332 g/mol. The third-order valence-electron chi connectivity index (χ3n) is 3.31. The van der Waals surface area contributed by atoms with Crippen LogP contribution in [0.5, 0.6) is 0 Å². The molecule has 0 heterocycles. The monoisotopic (exact) mass is 330 g/mol. The number of nitrogens with two attached hydrogens (primary N) is 1. The van der Waals surface area contributed by atoms with Crippen molar-refractivity contribution >= 4 is 33.4 Å². The highest BCUT2D eigenvalue weighted by Gasteiger charge is 2.25. The van der Waals surface area contributed by atoms with E-state index in [1.165, 1.54) is 12.8 Å². The standard InChI is InChI=1S/C13H16BrClN2O/c14-8-5-6-11(15)10(7-8)12(13(16)18)17-9-3-1-2-4-9/h5-7,9,12,17H,1-4H2,(H2,16,18). The van der Waals surface area contributed by atoms with Crippen LogP contribution in [-0.4, -0.2) is 11.9 Å². The van der Waals surface area contributed by atoms with Gasteiger partial charge in [-0.05, 0) is 36.6 Å². The highest BCUT2D eigenvalue weighted by molar-refractivity contribution is 9.10. The van der Waals surface area contributed by atoms with Gasteiger partial charge in [0, 0.05) is 15.5 Å². The van der Waals surface area contributed by atoms with Crippen molar-refractivity contribution in [2.45, 2.75) is 37.8 Å². The summed E-state index contributed by atoms with van der Waals surface area (Å²) in [4.78, 5) is 11.6. The first-order valence-electron chi connectivity index (χ1n) is 6.08. The topological polar surface area (TPSA) is 55.1 Å². The molecule has 2 rings (SSSR count). The minimum Gasteiger partial charge on any atom is -0.368 e. The molecule has 0 saturated heterocycles. The Bertz CT molecular complexity index is 447. The first-order chi connectivity index (χ1) is 8.58. The van der Waals surface area contributed by atoms with Crippen molar-refractivity contribution in [1.29, 1.82) is 0 Å². The molecule has 1 atom stereocenters. The summed E-state index contributed by atoms with van der Waals surface area (Å²) in [5, 5.41) is 3.88. The van der Waals surface area contributed by atoms with E-state index in [2.05, 4.69) is 21.2 Å². The molecule has 3 nitrogen and oxygen atoms in total. The van der Waals surface area contributed by atoms with Crippen LogP contribution in [-0.2, 0) is 4.79 Å². The van der Waals surface area contributed by atoms with E-state index in [0.29, 0.717) is 11.1 Å². The number of carbonyl (C=O) groups is 1. The molecule has 0 aliphatic heterocycles. The Morgan fingerprint density at radius 3 is 2.72 bits per heavy atom. The quantitative estimate of drug-likeness (QED) is 0.890. The highest BCUT2D eigenvalue weighted by atomic mass is 79.9. The minimum absolute atomic E-state index is 0.359. The van der Waals surface area contributed by atoms with Gasteiger partial charge in [0.25, 0.3) is 0 Å². The molecule has 1 unspecified atom stereocenters. The average Bonchev–Trinajstić information content (AvgIpc) is 2.82. The smallest absolute Gasteiger partial charge is 0.239 e. The fraction of sp³-hybridized carbons (Fsp3) is 0.462. The van der Waals surface area contributed by atoms with Gasteiger partial charge in [-0.1, -0.05) is 40.4 Å². The molecule has 1 aromatic rings. The van der Waals surface area contributed by atoms with Crippen molar-refractivity contribution in [3.63, 3.8) is 0 Å². The third kappa shape index (κ3) is 3.25. The van der Waals surface area contributed by atoms with Gasteiger partial charge in [-0.2, -0.15) is 0 Å². The molecule has 5 heteroatoms. The molecular weight excluding hydrogens is 316 g/mol. The van der Waals surface area contributed by atoms with Gasteiger partial charge in [0.1, 0.15) is 6.04 Å². The normalized spacial score (nSPS) is 17.9. The van der Waals surface area contributed by atoms with E-state index in [-0.39, 0.29) is 5.91 Å². The van der Waals surface area contributed by atoms with Gasteiger partial charge >= 0.3 is 0 Å². The van der Waals surface area contributed by atoms with Crippen molar-refractivity contribution in [1.82, 2.24) is 5.32 Å². The lowest BCUT2D eigenvalue weighted by Crippen LogP contribution is -2.39. The van der Waals surface area contributed by atoms with Crippen LogP contribution in [0.2, 0.25) is 5.02 Å². The van der Waals surface area contributed by atoms with E-state index in [4.69, 9.17) is 17.3 Å². The maximum atomic E-state index is 11.6. The highest BCUT2D eigenvalue weighted by Crippen LogP contribution is 2.28. The lowest BCUT2D eigenvalue weighted by molar-refractivity contribution is -0.120. The van der Waals surface area contributed by atoms with E-state index in [0.717, 1.165) is 22.9 Å². The number of benzene rings is 1. The first kappa shape index (κ1) is 13.8. The van der Waals surface area contributed by atoms with Gasteiger partial charge in [0.2, 0.25) is 5.91 Å². The summed E-state index contributed by atoms with van der Waals surface area (Å²) in [5.41, 5.74) is 6.23. The third-order valence-corrected chi connectivity index (χ3v) is 4.15. The largest absolute Gasteiger partial charge is 0.368 e. The molecule has 3 N–H and O–H groups in total. The number of amides is 1. The molecular formula is C13H16BrClN2O. The van der Waals surface area contributed by atoms with Gasteiger partial charge in [-0.3, -0.25) is 10.1 Å². The molecule has 1 aliphatic rings. The number of rotatable bonds is 4. The minimum atomic E-state index is -0.516. The number of hydrogen-bond donors (Lipinski definition) is 2. The Kier molecular flexibility index (Phi) is 4.65. The number of carbonyl (C=O) groups excluding carboxylic acids is 1. The molecule has 0 spiro atoms. The van der Waals surface area contributed by atoms with Crippen molar-refractivity contribution in [2.24, 2.45) is 5.73 Å². The van der Waals surface area contributed by atoms with E-state index in [1.807, 2.05) is 12.1 Å².